The smallest absolute Gasteiger partial charge is 0.110 e. The highest BCUT2D eigenvalue weighted by Crippen LogP contribution is 2.39. The zero-order valence-electron chi connectivity index (χ0n) is 19.6. The molecule has 8 heteroatoms. The quantitative estimate of drug-likeness (QED) is 0.484. The predicted octanol–water partition coefficient (Wildman–Crippen LogP) is 3.48. The van der Waals surface area contributed by atoms with Crippen molar-refractivity contribution in [3.63, 3.8) is 0 Å². The van der Waals surface area contributed by atoms with Gasteiger partial charge in [0.15, 0.2) is 0 Å². The third-order valence-corrected chi connectivity index (χ3v) is 7.19. The van der Waals surface area contributed by atoms with Gasteiger partial charge in [0.25, 0.3) is 0 Å². The van der Waals surface area contributed by atoms with Crippen LogP contribution in [0.25, 0.3) is 33.2 Å². The van der Waals surface area contributed by atoms with Gasteiger partial charge in [-0.3, -0.25) is 4.98 Å². The average molecular weight is 450 g/mol. The SMILES string of the molecule is Cc1nnn(C)c1-c1cnc2c3ccc(C(C)(O)CO)cc3n([C@H](C)C3CCOCC3)c2c1. The van der Waals surface area contributed by atoms with E-state index in [1.54, 1.807) is 11.6 Å². The number of fused-ring (bicyclic) bond motifs is 3. The van der Waals surface area contributed by atoms with E-state index in [4.69, 9.17) is 9.72 Å². The first-order valence-corrected chi connectivity index (χ1v) is 11.5. The lowest BCUT2D eigenvalue weighted by molar-refractivity contribution is -0.00220. The average Bonchev–Trinajstić information content (AvgIpc) is 3.34. The molecular weight excluding hydrogens is 418 g/mol. The second-order valence-electron chi connectivity index (χ2n) is 9.46. The lowest BCUT2D eigenvalue weighted by atomic mass is 9.92. The van der Waals surface area contributed by atoms with Crippen LogP contribution in [-0.2, 0) is 17.4 Å². The molecule has 0 bridgehead atoms. The lowest BCUT2D eigenvalue weighted by Gasteiger charge is -2.30. The van der Waals surface area contributed by atoms with E-state index >= 15 is 0 Å². The Bertz CT molecular complexity index is 1300. The van der Waals surface area contributed by atoms with Crippen molar-refractivity contribution in [1.82, 2.24) is 24.5 Å². The number of hydrogen-bond acceptors (Lipinski definition) is 6. The molecule has 0 radical (unpaired) electrons. The molecule has 1 aliphatic rings. The molecule has 174 valence electrons. The summed E-state index contributed by atoms with van der Waals surface area (Å²) in [6, 6.07) is 8.28. The van der Waals surface area contributed by atoms with Crippen LogP contribution in [-0.4, -0.2) is 54.6 Å². The van der Waals surface area contributed by atoms with Crippen LogP contribution in [0.5, 0.6) is 0 Å². The number of aliphatic hydroxyl groups is 2. The lowest BCUT2D eigenvalue weighted by Crippen LogP contribution is -2.26. The van der Waals surface area contributed by atoms with Gasteiger partial charge in [-0.15, -0.1) is 5.10 Å². The standard InChI is InChI=1S/C25H31N5O3/c1-15-24(29(4)28-27-15)18-11-22-23(26-13-18)20-6-5-19(25(3,32)14-31)12-21(20)30(22)16(2)17-7-9-33-10-8-17/h5-6,11-13,16-17,31-32H,7-10,14H2,1-4H3/t16-,25?/m1/s1. The molecule has 2 atom stereocenters. The molecule has 1 saturated heterocycles. The molecule has 1 aliphatic heterocycles. The highest BCUT2D eigenvalue weighted by Gasteiger charge is 2.28. The summed E-state index contributed by atoms with van der Waals surface area (Å²) < 4.78 is 9.75. The van der Waals surface area contributed by atoms with E-state index in [1.165, 1.54) is 0 Å². The fourth-order valence-electron chi connectivity index (χ4n) is 5.17. The summed E-state index contributed by atoms with van der Waals surface area (Å²) >= 11 is 0. The Morgan fingerprint density at radius 2 is 1.97 bits per heavy atom. The summed E-state index contributed by atoms with van der Waals surface area (Å²) in [6.45, 7) is 7.06. The van der Waals surface area contributed by atoms with Crippen LogP contribution in [0.15, 0.2) is 30.5 Å². The molecular formula is C25H31N5O3. The second kappa shape index (κ2) is 8.20. The first-order chi connectivity index (χ1) is 15.8. The Hall–Kier alpha value is -2.81. The summed E-state index contributed by atoms with van der Waals surface area (Å²) in [6.07, 6.45) is 3.90. The fraction of sp³-hybridized carbons (Fsp3) is 0.480. The summed E-state index contributed by atoms with van der Waals surface area (Å²) in [4.78, 5) is 4.88. The zero-order chi connectivity index (χ0) is 23.3. The Morgan fingerprint density at radius 1 is 1.21 bits per heavy atom. The molecule has 2 N–H and O–H groups in total. The number of aliphatic hydroxyl groups excluding tert-OH is 1. The normalized spacial score (nSPS) is 18.1. The van der Waals surface area contributed by atoms with E-state index in [-0.39, 0.29) is 12.6 Å². The van der Waals surface area contributed by atoms with Crippen molar-refractivity contribution >= 4 is 21.9 Å². The van der Waals surface area contributed by atoms with Gasteiger partial charge in [0, 0.05) is 43.4 Å². The number of hydrogen-bond donors (Lipinski definition) is 2. The van der Waals surface area contributed by atoms with Crippen LogP contribution in [0.2, 0.25) is 0 Å². The van der Waals surface area contributed by atoms with Gasteiger partial charge >= 0.3 is 0 Å². The van der Waals surface area contributed by atoms with Crippen LogP contribution < -0.4 is 0 Å². The number of aryl methyl sites for hydroxylation is 2. The molecule has 5 rings (SSSR count). The Kier molecular flexibility index (Phi) is 5.47. The Balaban J connectivity index is 1.78. The molecule has 1 aromatic carbocycles. The van der Waals surface area contributed by atoms with Crippen molar-refractivity contribution in [2.24, 2.45) is 13.0 Å². The number of rotatable bonds is 5. The van der Waals surface area contributed by atoms with Crippen molar-refractivity contribution in [3.8, 4) is 11.3 Å². The number of nitrogens with zero attached hydrogens (tertiary/aromatic N) is 5. The molecule has 0 amide bonds. The number of benzene rings is 1. The van der Waals surface area contributed by atoms with Gasteiger partial charge in [0.2, 0.25) is 0 Å². The maximum absolute atomic E-state index is 10.7. The molecule has 4 heterocycles. The molecule has 0 spiro atoms. The molecule has 1 fully saturated rings. The van der Waals surface area contributed by atoms with Gasteiger partial charge in [-0.1, -0.05) is 17.3 Å². The van der Waals surface area contributed by atoms with Gasteiger partial charge < -0.3 is 19.5 Å². The van der Waals surface area contributed by atoms with Crippen LogP contribution in [0.4, 0.5) is 0 Å². The predicted molar refractivity (Wildman–Crippen MR) is 127 cm³/mol. The van der Waals surface area contributed by atoms with E-state index in [0.29, 0.717) is 11.5 Å². The van der Waals surface area contributed by atoms with Crippen LogP contribution in [0, 0.1) is 12.8 Å². The van der Waals surface area contributed by atoms with E-state index in [0.717, 1.165) is 64.9 Å². The first kappa shape index (κ1) is 22.0. The Labute approximate surface area is 192 Å². The highest BCUT2D eigenvalue weighted by atomic mass is 16.5. The van der Waals surface area contributed by atoms with Crippen LogP contribution in [0.1, 0.15) is 44.0 Å². The third-order valence-electron chi connectivity index (χ3n) is 7.19. The minimum atomic E-state index is -1.31. The Morgan fingerprint density at radius 3 is 2.64 bits per heavy atom. The van der Waals surface area contributed by atoms with Crippen molar-refractivity contribution in [2.75, 3.05) is 19.8 Å². The van der Waals surface area contributed by atoms with E-state index in [1.807, 2.05) is 38.4 Å². The summed E-state index contributed by atoms with van der Waals surface area (Å²) in [7, 11) is 1.89. The topological polar surface area (TPSA) is 98.2 Å². The highest BCUT2D eigenvalue weighted by molar-refractivity contribution is 6.07. The van der Waals surface area contributed by atoms with Gasteiger partial charge in [-0.2, -0.15) is 0 Å². The monoisotopic (exact) mass is 449 g/mol. The van der Waals surface area contributed by atoms with E-state index in [2.05, 4.69) is 27.9 Å². The van der Waals surface area contributed by atoms with E-state index in [9.17, 15) is 10.2 Å². The molecule has 33 heavy (non-hydrogen) atoms. The van der Waals surface area contributed by atoms with Gasteiger partial charge in [0.05, 0.1) is 34.5 Å². The van der Waals surface area contributed by atoms with Gasteiger partial charge in [-0.25, -0.2) is 4.68 Å². The number of ether oxygens (including phenoxy) is 1. The van der Waals surface area contributed by atoms with Crippen LogP contribution in [0.3, 0.4) is 0 Å². The van der Waals surface area contributed by atoms with Gasteiger partial charge in [0.1, 0.15) is 5.60 Å². The molecule has 0 aliphatic carbocycles. The minimum Gasteiger partial charge on any atom is -0.393 e. The molecule has 1 unspecified atom stereocenters. The zero-order valence-corrected chi connectivity index (χ0v) is 19.6. The first-order valence-electron chi connectivity index (χ1n) is 11.5. The summed E-state index contributed by atoms with van der Waals surface area (Å²) in [5.41, 5.74) is 5.14. The molecule has 8 nitrogen and oxygen atoms in total. The molecule has 4 aromatic rings. The summed E-state index contributed by atoms with van der Waals surface area (Å²) in [5, 5.41) is 29.9. The third kappa shape index (κ3) is 3.62. The number of aromatic nitrogens is 5. The fourth-order valence-corrected chi connectivity index (χ4v) is 5.17. The maximum Gasteiger partial charge on any atom is 0.110 e. The maximum atomic E-state index is 10.7. The second-order valence-corrected chi connectivity index (χ2v) is 9.46. The van der Waals surface area contributed by atoms with Crippen LogP contribution >= 0.6 is 0 Å². The number of pyridine rings is 1. The van der Waals surface area contributed by atoms with Crippen molar-refractivity contribution in [1.29, 1.82) is 0 Å². The summed E-state index contributed by atoms with van der Waals surface area (Å²) in [5.74, 6) is 0.475. The van der Waals surface area contributed by atoms with Crippen molar-refractivity contribution < 1.29 is 14.9 Å². The van der Waals surface area contributed by atoms with Crippen molar-refractivity contribution in [2.45, 2.75) is 45.3 Å². The van der Waals surface area contributed by atoms with Gasteiger partial charge in [-0.05, 0) is 57.2 Å². The minimum absolute atomic E-state index is 0.214. The largest absolute Gasteiger partial charge is 0.393 e. The van der Waals surface area contributed by atoms with E-state index < -0.39 is 5.60 Å². The van der Waals surface area contributed by atoms with Crippen molar-refractivity contribution in [3.05, 3.63) is 41.7 Å². The molecule has 0 saturated carbocycles. The molecule has 3 aromatic heterocycles.